The average Bonchev–Trinajstić information content (AvgIpc) is 2.79. The van der Waals surface area contributed by atoms with Crippen molar-refractivity contribution < 1.29 is 0 Å². The Morgan fingerprint density at radius 1 is 1.27 bits per heavy atom. The predicted molar refractivity (Wildman–Crippen MR) is 62.0 cm³/mol. The monoisotopic (exact) mass is 206 g/mol. The van der Waals surface area contributed by atoms with Crippen LogP contribution in [0.2, 0.25) is 0 Å². The molecule has 1 aliphatic carbocycles. The number of anilines is 2. The molecule has 0 aliphatic heterocycles. The molecule has 1 fully saturated rings. The van der Waals surface area contributed by atoms with E-state index in [0.29, 0.717) is 0 Å². The Morgan fingerprint density at radius 3 is 2.73 bits per heavy atom. The van der Waals surface area contributed by atoms with E-state index >= 15 is 0 Å². The first-order valence-corrected chi connectivity index (χ1v) is 5.62. The molecule has 2 rings (SSSR count). The molecular weight excluding hydrogens is 188 g/mol. The molecule has 82 valence electrons. The molecule has 1 aromatic rings. The molecule has 0 aromatic carbocycles. The van der Waals surface area contributed by atoms with E-state index in [2.05, 4.69) is 20.6 Å². The average molecular weight is 206 g/mol. The summed E-state index contributed by atoms with van der Waals surface area (Å²) in [6, 6.07) is 1.94. The van der Waals surface area contributed by atoms with Crippen LogP contribution in [-0.2, 0) is 0 Å². The van der Waals surface area contributed by atoms with Gasteiger partial charge >= 0.3 is 0 Å². The predicted octanol–water partition coefficient (Wildman–Crippen LogP) is 2.12. The molecule has 0 spiro atoms. The highest BCUT2D eigenvalue weighted by molar-refractivity contribution is 5.45. The highest BCUT2D eigenvalue weighted by atomic mass is 15.1. The summed E-state index contributed by atoms with van der Waals surface area (Å²) in [4.78, 5) is 8.26. The Bertz CT molecular complexity index is 307. The summed E-state index contributed by atoms with van der Waals surface area (Å²) in [6.07, 6.45) is 7.08. The standard InChI is InChI=1S/C11H18N4/c1-12-10-6-11(15-8-14-10)13-7-9-4-2-3-5-9/h6,8-9H,2-5,7H2,1H3,(H2,12,13,14,15). The van der Waals surface area contributed by atoms with Crippen LogP contribution in [0.1, 0.15) is 25.7 Å². The second-order valence-corrected chi connectivity index (χ2v) is 4.07. The minimum absolute atomic E-state index is 0.831. The van der Waals surface area contributed by atoms with E-state index < -0.39 is 0 Å². The normalized spacial score (nSPS) is 16.6. The fourth-order valence-corrected chi connectivity index (χ4v) is 2.05. The lowest BCUT2D eigenvalue weighted by Gasteiger charge is -2.11. The fourth-order valence-electron chi connectivity index (χ4n) is 2.05. The summed E-state index contributed by atoms with van der Waals surface area (Å²) in [6.45, 7) is 1.04. The van der Waals surface area contributed by atoms with E-state index in [0.717, 1.165) is 24.1 Å². The minimum Gasteiger partial charge on any atom is -0.373 e. The van der Waals surface area contributed by atoms with E-state index in [9.17, 15) is 0 Å². The molecule has 0 bridgehead atoms. The van der Waals surface area contributed by atoms with Gasteiger partial charge in [0.25, 0.3) is 0 Å². The third-order valence-corrected chi connectivity index (χ3v) is 2.97. The Morgan fingerprint density at radius 2 is 2.00 bits per heavy atom. The van der Waals surface area contributed by atoms with Crippen molar-refractivity contribution in [3.63, 3.8) is 0 Å². The van der Waals surface area contributed by atoms with Crippen molar-refractivity contribution in [2.45, 2.75) is 25.7 Å². The third kappa shape index (κ3) is 2.81. The van der Waals surface area contributed by atoms with Crippen LogP contribution in [0.25, 0.3) is 0 Å². The van der Waals surface area contributed by atoms with Gasteiger partial charge in [0.05, 0.1) is 0 Å². The molecule has 4 heteroatoms. The molecule has 0 amide bonds. The van der Waals surface area contributed by atoms with Crippen molar-refractivity contribution >= 4 is 11.6 Å². The summed E-state index contributed by atoms with van der Waals surface area (Å²) in [5.41, 5.74) is 0. The first kappa shape index (κ1) is 10.2. The van der Waals surface area contributed by atoms with Crippen LogP contribution in [-0.4, -0.2) is 23.6 Å². The zero-order valence-corrected chi connectivity index (χ0v) is 9.16. The molecule has 1 heterocycles. The van der Waals surface area contributed by atoms with E-state index in [1.807, 2.05) is 13.1 Å². The second kappa shape index (κ2) is 4.96. The van der Waals surface area contributed by atoms with Crippen LogP contribution >= 0.6 is 0 Å². The van der Waals surface area contributed by atoms with Gasteiger partial charge in [0.15, 0.2) is 0 Å². The molecule has 1 saturated carbocycles. The van der Waals surface area contributed by atoms with Crippen molar-refractivity contribution in [1.29, 1.82) is 0 Å². The van der Waals surface area contributed by atoms with Crippen molar-refractivity contribution in [1.82, 2.24) is 9.97 Å². The van der Waals surface area contributed by atoms with Crippen LogP contribution in [0.4, 0.5) is 11.6 Å². The first-order valence-electron chi connectivity index (χ1n) is 5.62. The second-order valence-electron chi connectivity index (χ2n) is 4.07. The number of hydrogen-bond acceptors (Lipinski definition) is 4. The van der Waals surface area contributed by atoms with Gasteiger partial charge < -0.3 is 10.6 Å². The lowest BCUT2D eigenvalue weighted by molar-refractivity contribution is 0.579. The molecule has 0 unspecified atom stereocenters. The Hall–Kier alpha value is -1.32. The van der Waals surface area contributed by atoms with E-state index in [4.69, 9.17) is 0 Å². The quantitative estimate of drug-likeness (QED) is 0.792. The van der Waals surface area contributed by atoms with Crippen molar-refractivity contribution in [3.05, 3.63) is 12.4 Å². The van der Waals surface area contributed by atoms with Crippen molar-refractivity contribution in [3.8, 4) is 0 Å². The van der Waals surface area contributed by atoms with Crippen molar-refractivity contribution in [2.24, 2.45) is 5.92 Å². The molecule has 0 atom stereocenters. The van der Waals surface area contributed by atoms with Gasteiger partial charge in [-0.15, -0.1) is 0 Å². The topological polar surface area (TPSA) is 49.8 Å². The molecule has 0 saturated heterocycles. The van der Waals surface area contributed by atoms with Crippen molar-refractivity contribution in [2.75, 3.05) is 24.2 Å². The van der Waals surface area contributed by atoms with Gasteiger partial charge in [-0.3, -0.25) is 0 Å². The van der Waals surface area contributed by atoms with Gasteiger partial charge in [0.1, 0.15) is 18.0 Å². The van der Waals surface area contributed by atoms with Crippen LogP contribution < -0.4 is 10.6 Å². The Kier molecular flexibility index (Phi) is 3.37. The largest absolute Gasteiger partial charge is 0.373 e. The highest BCUT2D eigenvalue weighted by Gasteiger charge is 2.14. The number of rotatable bonds is 4. The summed E-state index contributed by atoms with van der Waals surface area (Å²) in [7, 11) is 1.86. The number of nitrogens with one attached hydrogen (secondary N) is 2. The van der Waals surface area contributed by atoms with Crippen LogP contribution in [0.15, 0.2) is 12.4 Å². The van der Waals surface area contributed by atoms with Crippen LogP contribution in [0.5, 0.6) is 0 Å². The smallest absolute Gasteiger partial charge is 0.131 e. The van der Waals surface area contributed by atoms with Gasteiger partial charge in [-0.05, 0) is 18.8 Å². The van der Waals surface area contributed by atoms with Gasteiger partial charge in [-0.1, -0.05) is 12.8 Å². The maximum atomic E-state index is 4.19. The minimum atomic E-state index is 0.831. The summed E-state index contributed by atoms with van der Waals surface area (Å²) in [5.74, 6) is 2.61. The number of aromatic nitrogens is 2. The molecule has 1 aliphatic rings. The molecule has 1 aromatic heterocycles. The van der Waals surface area contributed by atoms with Gasteiger partial charge in [-0.2, -0.15) is 0 Å². The number of hydrogen-bond donors (Lipinski definition) is 2. The Balaban J connectivity index is 1.86. The maximum Gasteiger partial charge on any atom is 0.131 e. The lowest BCUT2D eigenvalue weighted by Crippen LogP contribution is -2.12. The molecule has 0 radical (unpaired) electrons. The van der Waals surface area contributed by atoms with Crippen LogP contribution in [0.3, 0.4) is 0 Å². The first-order chi connectivity index (χ1) is 7.38. The highest BCUT2D eigenvalue weighted by Crippen LogP contribution is 2.24. The van der Waals surface area contributed by atoms with Crippen LogP contribution in [0, 0.1) is 5.92 Å². The Labute approximate surface area is 90.5 Å². The summed E-state index contributed by atoms with van der Waals surface area (Å²) in [5, 5.41) is 6.37. The van der Waals surface area contributed by atoms with Gasteiger partial charge in [0.2, 0.25) is 0 Å². The van der Waals surface area contributed by atoms with E-state index in [1.54, 1.807) is 6.33 Å². The maximum absolute atomic E-state index is 4.19. The van der Waals surface area contributed by atoms with Gasteiger partial charge in [0, 0.05) is 19.7 Å². The van der Waals surface area contributed by atoms with Gasteiger partial charge in [-0.25, -0.2) is 9.97 Å². The van der Waals surface area contributed by atoms with E-state index in [1.165, 1.54) is 25.7 Å². The molecule has 4 nitrogen and oxygen atoms in total. The fraction of sp³-hybridized carbons (Fsp3) is 0.636. The lowest BCUT2D eigenvalue weighted by atomic mass is 10.1. The zero-order valence-electron chi connectivity index (χ0n) is 9.16. The molecular formula is C11H18N4. The number of nitrogens with zero attached hydrogens (tertiary/aromatic N) is 2. The van der Waals surface area contributed by atoms with E-state index in [-0.39, 0.29) is 0 Å². The summed E-state index contributed by atoms with van der Waals surface area (Å²) >= 11 is 0. The molecule has 15 heavy (non-hydrogen) atoms. The SMILES string of the molecule is CNc1cc(NCC2CCCC2)ncn1. The summed E-state index contributed by atoms with van der Waals surface area (Å²) < 4.78 is 0. The molecule has 2 N–H and O–H groups in total. The third-order valence-electron chi connectivity index (χ3n) is 2.97. The zero-order chi connectivity index (χ0) is 10.5.